The third kappa shape index (κ3) is 3.26. The van der Waals surface area contributed by atoms with Gasteiger partial charge in [-0.2, -0.15) is 0 Å². The van der Waals surface area contributed by atoms with Crippen molar-refractivity contribution >= 4 is 11.3 Å². The molecule has 1 aromatic carbocycles. The molecular weight excluding hydrogens is 250 g/mol. The lowest BCUT2D eigenvalue weighted by Crippen LogP contribution is -2.33. The zero-order valence-electron chi connectivity index (χ0n) is 12.0. The van der Waals surface area contributed by atoms with Gasteiger partial charge in [0.1, 0.15) is 0 Å². The first-order valence-electron chi connectivity index (χ1n) is 6.88. The van der Waals surface area contributed by atoms with Crippen LogP contribution in [0.4, 0.5) is 0 Å². The summed E-state index contributed by atoms with van der Waals surface area (Å²) in [5.41, 5.74) is 8.82. The second-order valence-electron chi connectivity index (χ2n) is 5.80. The lowest BCUT2D eigenvalue weighted by atomic mass is 9.78. The van der Waals surface area contributed by atoms with E-state index in [-0.39, 0.29) is 5.41 Å². The first kappa shape index (κ1) is 14.3. The fourth-order valence-electron chi connectivity index (χ4n) is 2.36. The van der Waals surface area contributed by atoms with E-state index in [0.717, 1.165) is 6.42 Å². The Morgan fingerprint density at radius 3 is 2.32 bits per heavy atom. The third-order valence-corrected chi connectivity index (χ3v) is 4.75. The number of hydrogen-bond donors (Lipinski definition) is 1. The van der Waals surface area contributed by atoms with Crippen LogP contribution in [0.3, 0.4) is 0 Å². The summed E-state index contributed by atoms with van der Waals surface area (Å²) in [7, 11) is 0. The van der Waals surface area contributed by atoms with E-state index in [1.807, 2.05) is 11.3 Å². The van der Waals surface area contributed by atoms with E-state index in [1.165, 1.54) is 16.0 Å². The van der Waals surface area contributed by atoms with Crippen LogP contribution in [0.5, 0.6) is 0 Å². The standard InChI is InChI=1S/C17H23NS/c1-13(2)14-6-8-15(9-7-14)17(3,12-18)11-16-5-4-10-19-16/h4-10,13H,11-12,18H2,1-3H3. The highest BCUT2D eigenvalue weighted by Gasteiger charge is 2.25. The van der Waals surface area contributed by atoms with Gasteiger partial charge in [-0.1, -0.05) is 51.1 Å². The van der Waals surface area contributed by atoms with Crippen molar-refractivity contribution in [3.05, 3.63) is 57.8 Å². The van der Waals surface area contributed by atoms with Crippen LogP contribution in [0.1, 0.15) is 42.7 Å². The molecule has 0 bridgehead atoms. The molecule has 2 heteroatoms. The molecule has 0 radical (unpaired) electrons. The molecular formula is C17H23NS. The highest BCUT2D eigenvalue weighted by molar-refractivity contribution is 7.09. The molecule has 1 nitrogen and oxygen atoms in total. The Morgan fingerprint density at radius 1 is 1.16 bits per heavy atom. The Labute approximate surface area is 120 Å². The molecule has 1 unspecified atom stereocenters. The van der Waals surface area contributed by atoms with Crippen molar-refractivity contribution in [2.75, 3.05) is 6.54 Å². The minimum Gasteiger partial charge on any atom is -0.330 e. The van der Waals surface area contributed by atoms with Gasteiger partial charge in [-0.05, 0) is 34.9 Å². The molecule has 0 amide bonds. The summed E-state index contributed by atoms with van der Waals surface area (Å²) in [6.07, 6.45) is 1.02. The van der Waals surface area contributed by atoms with E-state index in [1.54, 1.807) is 0 Å². The molecule has 1 atom stereocenters. The summed E-state index contributed by atoms with van der Waals surface area (Å²) in [6.45, 7) is 7.38. The minimum atomic E-state index is 0.0281. The van der Waals surface area contributed by atoms with Crippen molar-refractivity contribution < 1.29 is 0 Å². The van der Waals surface area contributed by atoms with Crippen LogP contribution in [0.25, 0.3) is 0 Å². The van der Waals surface area contributed by atoms with Crippen molar-refractivity contribution in [1.29, 1.82) is 0 Å². The first-order valence-corrected chi connectivity index (χ1v) is 7.76. The minimum absolute atomic E-state index is 0.0281. The summed E-state index contributed by atoms with van der Waals surface area (Å²) >= 11 is 1.81. The summed E-state index contributed by atoms with van der Waals surface area (Å²) < 4.78 is 0. The van der Waals surface area contributed by atoms with Gasteiger partial charge in [-0.15, -0.1) is 11.3 Å². The van der Waals surface area contributed by atoms with Gasteiger partial charge in [0.25, 0.3) is 0 Å². The molecule has 0 fully saturated rings. The van der Waals surface area contributed by atoms with Crippen molar-refractivity contribution in [3.63, 3.8) is 0 Å². The van der Waals surface area contributed by atoms with Gasteiger partial charge in [0.05, 0.1) is 0 Å². The molecule has 2 aromatic rings. The molecule has 0 aliphatic heterocycles. The van der Waals surface area contributed by atoms with E-state index in [9.17, 15) is 0 Å². The highest BCUT2D eigenvalue weighted by atomic mass is 32.1. The second-order valence-corrected chi connectivity index (χ2v) is 6.83. The van der Waals surface area contributed by atoms with Gasteiger partial charge in [0.15, 0.2) is 0 Å². The topological polar surface area (TPSA) is 26.0 Å². The summed E-state index contributed by atoms with van der Waals surface area (Å²) in [5.74, 6) is 0.579. The molecule has 0 saturated carbocycles. The van der Waals surface area contributed by atoms with Crippen LogP contribution in [0.2, 0.25) is 0 Å². The first-order chi connectivity index (χ1) is 9.05. The zero-order chi connectivity index (χ0) is 13.9. The molecule has 2 rings (SSSR count). The molecule has 0 aliphatic carbocycles. The maximum Gasteiger partial charge on any atom is 0.00954 e. The Kier molecular flexibility index (Phi) is 4.43. The van der Waals surface area contributed by atoms with Crippen LogP contribution >= 0.6 is 11.3 Å². The third-order valence-electron chi connectivity index (χ3n) is 3.87. The average Bonchev–Trinajstić information content (AvgIpc) is 2.91. The van der Waals surface area contributed by atoms with E-state index >= 15 is 0 Å². The van der Waals surface area contributed by atoms with E-state index in [4.69, 9.17) is 5.73 Å². The largest absolute Gasteiger partial charge is 0.330 e. The van der Waals surface area contributed by atoms with Crippen molar-refractivity contribution in [2.24, 2.45) is 5.73 Å². The summed E-state index contributed by atoms with van der Waals surface area (Å²) in [5, 5.41) is 2.13. The van der Waals surface area contributed by atoms with E-state index in [2.05, 4.69) is 62.5 Å². The van der Waals surface area contributed by atoms with Crippen LogP contribution in [0.15, 0.2) is 41.8 Å². The van der Waals surface area contributed by atoms with Gasteiger partial charge in [-0.25, -0.2) is 0 Å². The lowest BCUT2D eigenvalue weighted by Gasteiger charge is -2.28. The average molecular weight is 273 g/mol. The van der Waals surface area contributed by atoms with Gasteiger partial charge >= 0.3 is 0 Å². The van der Waals surface area contributed by atoms with Crippen LogP contribution in [0, 0.1) is 0 Å². The molecule has 0 aliphatic rings. The van der Waals surface area contributed by atoms with E-state index < -0.39 is 0 Å². The monoisotopic (exact) mass is 273 g/mol. The quantitative estimate of drug-likeness (QED) is 0.862. The highest BCUT2D eigenvalue weighted by Crippen LogP contribution is 2.30. The van der Waals surface area contributed by atoms with Crippen LogP contribution in [-0.4, -0.2) is 6.54 Å². The van der Waals surface area contributed by atoms with Crippen LogP contribution in [-0.2, 0) is 11.8 Å². The Balaban J connectivity index is 2.25. The number of hydrogen-bond acceptors (Lipinski definition) is 2. The maximum atomic E-state index is 6.06. The zero-order valence-corrected chi connectivity index (χ0v) is 12.8. The molecule has 19 heavy (non-hydrogen) atoms. The predicted molar refractivity (Wildman–Crippen MR) is 85.0 cm³/mol. The molecule has 2 N–H and O–H groups in total. The van der Waals surface area contributed by atoms with Crippen molar-refractivity contribution in [2.45, 2.75) is 38.5 Å². The number of rotatable bonds is 5. The van der Waals surface area contributed by atoms with Gasteiger partial charge in [0, 0.05) is 16.8 Å². The molecule has 102 valence electrons. The van der Waals surface area contributed by atoms with Gasteiger partial charge in [-0.3, -0.25) is 0 Å². The lowest BCUT2D eigenvalue weighted by molar-refractivity contribution is 0.484. The molecule has 0 spiro atoms. The SMILES string of the molecule is CC(C)c1ccc(C(C)(CN)Cc2cccs2)cc1. The van der Waals surface area contributed by atoms with Gasteiger partial charge in [0.2, 0.25) is 0 Å². The van der Waals surface area contributed by atoms with Crippen molar-refractivity contribution in [1.82, 2.24) is 0 Å². The fraction of sp³-hybridized carbons (Fsp3) is 0.412. The Hall–Kier alpha value is -1.12. The van der Waals surface area contributed by atoms with Crippen molar-refractivity contribution in [3.8, 4) is 0 Å². The van der Waals surface area contributed by atoms with Crippen LogP contribution < -0.4 is 5.73 Å². The summed E-state index contributed by atoms with van der Waals surface area (Å²) in [4.78, 5) is 1.40. The molecule has 1 aromatic heterocycles. The maximum absolute atomic E-state index is 6.06. The normalized spacial score (nSPS) is 14.6. The Bertz CT molecular complexity index is 499. The van der Waals surface area contributed by atoms with Gasteiger partial charge < -0.3 is 5.73 Å². The fourth-order valence-corrected chi connectivity index (χ4v) is 3.25. The smallest absolute Gasteiger partial charge is 0.00954 e. The second kappa shape index (κ2) is 5.89. The number of nitrogens with two attached hydrogens (primary N) is 1. The van der Waals surface area contributed by atoms with E-state index in [0.29, 0.717) is 12.5 Å². The Morgan fingerprint density at radius 2 is 1.84 bits per heavy atom. The number of benzene rings is 1. The summed E-state index contributed by atoms with van der Waals surface area (Å²) in [6, 6.07) is 13.3. The number of thiophene rings is 1. The predicted octanol–water partition coefficient (Wildman–Crippen LogP) is 4.33. The molecule has 0 saturated heterocycles. The molecule has 1 heterocycles.